The molecule has 22 heavy (non-hydrogen) atoms. The molecule has 1 aromatic heterocycles. The normalized spacial score (nSPS) is 11.2. The highest BCUT2D eigenvalue weighted by molar-refractivity contribution is 6.36. The van der Waals surface area contributed by atoms with Crippen molar-refractivity contribution >= 4 is 57.7 Å². The van der Waals surface area contributed by atoms with Gasteiger partial charge in [0, 0.05) is 16.0 Å². The highest BCUT2D eigenvalue weighted by Gasteiger charge is 2.05. The fourth-order valence-electron chi connectivity index (χ4n) is 1.90. The second-order valence-corrected chi connectivity index (χ2v) is 5.58. The van der Waals surface area contributed by atoms with E-state index >= 15 is 0 Å². The summed E-state index contributed by atoms with van der Waals surface area (Å²) in [5, 5.41) is 6.21. The Hall–Kier alpha value is -1.88. The molecule has 0 aliphatic heterocycles. The molecule has 0 fully saturated rings. The Balaban J connectivity index is 1.89. The Kier molecular flexibility index (Phi) is 4.43. The maximum atomic E-state index is 6.08. The molecule has 4 nitrogen and oxygen atoms in total. The van der Waals surface area contributed by atoms with Crippen molar-refractivity contribution in [3.8, 4) is 0 Å². The first-order valence-corrected chi connectivity index (χ1v) is 7.43. The molecule has 110 valence electrons. The topological polar surface area (TPSA) is 50.2 Å². The van der Waals surface area contributed by atoms with Gasteiger partial charge >= 0.3 is 0 Å². The first-order valence-electron chi connectivity index (χ1n) is 6.30. The molecule has 1 heterocycles. The van der Waals surface area contributed by atoms with Gasteiger partial charge in [-0.15, -0.1) is 0 Å². The molecule has 0 saturated heterocycles. The van der Waals surface area contributed by atoms with E-state index in [4.69, 9.17) is 34.8 Å². The maximum Gasteiger partial charge on any atom is 0.224 e. The predicted octanol–water partition coefficient (Wildman–Crippen LogP) is 5.04. The van der Waals surface area contributed by atoms with Crippen LogP contribution in [0.2, 0.25) is 15.3 Å². The van der Waals surface area contributed by atoms with Gasteiger partial charge in [0.05, 0.1) is 16.8 Å². The summed E-state index contributed by atoms with van der Waals surface area (Å²) in [4.78, 5) is 8.30. The Morgan fingerprint density at radius 3 is 2.64 bits per heavy atom. The van der Waals surface area contributed by atoms with Gasteiger partial charge in [-0.2, -0.15) is 10.1 Å². The first-order chi connectivity index (χ1) is 10.6. The summed E-state index contributed by atoms with van der Waals surface area (Å²) in [6.45, 7) is 0. The Morgan fingerprint density at radius 2 is 1.82 bits per heavy atom. The van der Waals surface area contributed by atoms with Crippen LogP contribution >= 0.6 is 34.8 Å². The van der Waals surface area contributed by atoms with Crippen molar-refractivity contribution < 1.29 is 0 Å². The van der Waals surface area contributed by atoms with Gasteiger partial charge in [0.1, 0.15) is 0 Å². The number of hydrogen-bond acceptors (Lipinski definition) is 4. The second-order valence-electron chi connectivity index (χ2n) is 4.39. The average molecular weight is 352 g/mol. The number of benzene rings is 2. The van der Waals surface area contributed by atoms with E-state index in [9.17, 15) is 0 Å². The molecule has 0 radical (unpaired) electrons. The fourth-order valence-corrected chi connectivity index (χ4v) is 2.54. The monoisotopic (exact) mass is 350 g/mol. The summed E-state index contributed by atoms with van der Waals surface area (Å²) in [6.07, 6.45) is 1.59. The SMILES string of the molecule is Clc1ccc(/C=N/Nc2nc(Cl)nc3ccccc23)c(Cl)c1. The minimum atomic E-state index is 0.154. The van der Waals surface area contributed by atoms with E-state index in [-0.39, 0.29) is 5.28 Å². The van der Waals surface area contributed by atoms with Crippen molar-refractivity contribution in [1.82, 2.24) is 9.97 Å². The molecule has 0 atom stereocenters. The van der Waals surface area contributed by atoms with Crippen molar-refractivity contribution in [3.05, 3.63) is 63.4 Å². The van der Waals surface area contributed by atoms with Crippen molar-refractivity contribution in [3.63, 3.8) is 0 Å². The minimum absolute atomic E-state index is 0.154. The zero-order chi connectivity index (χ0) is 15.5. The molecule has 0 bridgehead atoms. The Bertz CT molecular complexity index is 865. The molecular weight excluding hydrogens is 343 g/mol. The minimum Gasteiger partial charge on any atom is -0.261 e. The van der Waals surface area contributed by atoms with E-state index in [1.165, 1.54) is 0 Å². The van der Waals surface area contributed by atoms with Gasteiger partial charge in [-0.25, -0.2) is 4.98 Å². The number of nitrogens with one attached hydrogen (secondary N) is 1. The van der Waals surface area contributed by atoms with Crippen LogP contribution in [0.25, 0.3) is 10.9 Å². The van der Waals surface area contributed by atoms with Crippen LogP contribution in [-0.4, -0.2) is 16.2 Å². The largest absolute Gasteiger partial charge is 0.261 e. The lowest BCUT2D eigenvalue weighted by atomic mass is 10.2. The molecule has 0 aliphatic carbocycles. The summed E-state index contributed by atoms with van der Waals surface area (Å²) in [6, 6.07) is 12.7. The van der Waals surface area contributed by atoms with Crippen LogP contribution in [0.3, 0.4) is 0 Å². The van der Waals surface area contributed by atoms with Gasteiger partial charge < -0.3 is 0 Å². The number of aromatic nitrogens is 2. The molecule has 1 N–H and O–H groups in total. The molecule has 3 rings (SSSR count). The summed E-state index contributed by atoms with van der Waals surface area (Å²) in [7, 11) is 0. The number of para-hydroxylation sites is 1. The molecule has 0 amide bonds. The summed E-state index contributed by atoms with van der Waals surface area (Å²) in [5.74, 6) is 0.525. The van der Waals surface area contributed by atoms with Crippen molar-refractivity contribution in [1.29, 1.82) is 0 Å². The molecule has 2 aromatic carbocycles. The molecule has 0 saturated carbocycles. The smallest absolute Gasteiger partial charge is 0.224 e. The van der Waals surface area contributed by atoms with E-state index in [1.54, 1.807) is 24.4 Å². The molecule has 0 aliphatic rings. The van der Waals surface area contributed by atoms with E-state index < -0.39 is 0 Å². The van der Waals surface area contributed by atoms with Gasteiger partial charge in [-0.1, -0.05) is 41.4 Å². The standard InChI is InChI=1S/C15H9Cl3N4/c16-10-6-5-9(12(17)7-10)8-19-22-14-11-3-1-2-4-13(11)20-15(18)21-14/h1-8H,(H,20,21,22)/b19-8+. The van der Waals surface area contributed by atoms with Crippen molar-refractivity contribution in [2.45, 2.75) is 0 Å². The van der Waals surface area contributed by atoms with Crippen LogP contribution in [0, 0.1) is 0 Å². The molecule has 0 unspecified atom stereocenters. The predicted molar refractivity (Wildman–Crippen MR) is 92.2 cm³/mol. The quantitative estimate of drug-likeness (QED) is 0.409. The van der Waals surface area contributed by atoms with Gasteiger partial charge in [-0.05, 0) is 35.9 Å². The Labute approximate surface area is 141 Å². The third-order valence-electron chi connectivity index (χ3n) is 2.91. The van der Waals surface area contributed by atoms with Crippen LogP contribution < -0.4 is 5.43 Å². The van der Waals surface area contributed by atoms with Crippen LogP contribution in [-0.2, 0) is 0 Å². The number of hydrazone groups is 1. The van der Waals surface area contributed by atoms with E-state index in [2.05, 4.69) is 20.5 Å². The van der Waals surface area contributed by atoms with Gasteiger partial charge in [0.2, 0.25) is 5.28 Å². The fraction of sp³-hybridized carbons (Fsp3) is 0. The average Bonchev–Trinajstić information content (AvgIpc) is 2.49. The third kappa shape index (κ3) is 3.30. The number of fused-ring (bicyclic) bond motifs is 1. The molecular formula is C15H9Cl3N4. The van der Waals surface area contributed by atoms with Crippen LogP contribution in [0.15, 0.2) is 47.6 Å². The highest BCUT2D eigenvalue weighted by atomic mass is 35.5. The zero-order valence-electron chi connectivity index (χ0n) is 11.1. The third-order valence-corrected chi connectivity index (χ3v) is 3.64. The molecule has 3 aromatic rings. The van der Waals surface area contributed by atoms with Crippen molar-refractivity contribution in [2.75, 3.05) is 5.43 Å². The van der Waals surface area contributed by atoms with E-state index in [0.29, 0.717) is 15.9 Å². The van der Waals surface area contributed by atoms with E-state index in [0.717, 1.165) is 16.5 Å². The highest BCUT2D eigenvalue weighted by Crippen LogP contribution is 2.22. The molecule has 7 heteroatoms. The molecule has 0 spiro atoms. The van der Waals surface area contributed by atoms with Gasteiger partial charge in [-0.3, -0.25) is 5.43 Å². The summed E-state index contributed by atoms with van der Waals surface area (Å²) in [5.41, 5.74) is 4.34. The number of nitrogens with zero attached hydrogens (tertiary/aromatic N) is 3. The Morgan fingerprint density at radius 1 is 1.00 bits per heavy atom. The number of anilines is 1. The van der Waals surface area contributed by atoms with Crippen LogP contribution in [0.5, 0.6) is 0 Å². The number of rotatable bonds is 3. The van der Waals surface area contributed by atoms with Gasteiger partial charge in [0.25, 0.3) is 0 Å². The lowest BCUT2D eigenvalue weighted by Gasteiger charge is -2.05. The van der Waals surface area contributed by atoms with E-state index in [1.807, 2.05) is 24.3 Å². The lowest BCUT2D eigenvalue weighted by molar-refractivity contribution is 1.18. The van der Waals surface area contributed by atoms with Crippen LogP contribution in [0.4, 0.5) is 5.82 Å². The zero-order valence-corrected chi connectivity index (χ0v) is 13.4. The lowest BCUT2D eigenvalue weighted by Crippen LogP contribution is -1.97. The number of hydrogen-bond donors (Lipinski definition) is 1. The summed E-state index contributed by atoms with van der Waals surface area (Å²) < 4.78 is 0. The van der Waals surface area contributed by atoms with Gasteiger partial charge in [0.15, 0.2) is 5.82 Å². The second kappa shape index (κ2) is 6.48. The van der Waals surface area contributed by atoms with Crippen LogP contribution in [0.1, 0.15) is 5.56 Å². The maximum absolute atomic E-state index is 6.08. The van der Waals surface area contributed by atoms with Crippen molar-refractivity contribution in [2.24, 2.45) is 5.10 Å². The first kappa shape index (κ1) is 15.0. The summed E-state index contributed by atoms with van der Waals surface area (Å²) >= 11 is 17.8. The number of halogens is 3.